The molecular formula is C8H8Cl2N2S. The number of nitrogens with one attached hydrogen (secondary N) is 1. The van der Waals surface area contributed by atoms with Crippen LogP contribution in [0.25, 0.3) is 0 Å². The molecule has 0 bridgehead atoms. The third kappa shape index (κ3) is 2.72. The molecule has 1 aromatic rings. The largest absolute Gasteiger partial charge is 0.376 e. The van der Waals surface area contributed by atoms with Crippen molar-refractivity contribution in [1.82, 2.24) is 0 Å². The topological polar surface area (TPSA) is 38.0 Å². The zero-order valence-corrected chi connectivity index (χ0v) is 9.22. The number of thiocarbonyl (C=S) groups is 1. The van der Waals surface area contributed by atoms with Crippen molar-refractivity contribution in [2.45, 2.75) is 6.92 Å². The molecule has 0 spiro atoms. The Morgan fingerprint density at radius 2 is 1.85 bits per heavy atom. The molecule has 0 unspecified atom stereocenters. The van der Waals surface area contributed by atoms with E-state index in [0.29, 0.717) is 15.7 Å². The first-order chi connectivity index (χ1) is 6.00. The summed E-state index contributed by atoms with van der Waals surface area (Å²) in [6.07, 6.45) is 0. The van der Waals surface area contributed by atoms with Gasteiger partial charge in [-0.3, -0.25) is 0 Å². The number of halogens is 2. The lowest BCUT2D eigenvalue weighted by atomic mass is 10.2. The lowest BCUT2D eigenvalue weighted by Crippen LogP contribution is -2.19. The lowest BCUT2D eigenvalue weighted by Gasteiger charge is -2.09. The minimum atomic E-state index is 0.146. The molecule has 0 amide bonds. The molecule has 1 aromatic carbocycles. The molecule has 0 saturated carbocycles. The van der Waals surface area contributed by atoms with Gasteiger partial charge in [0.05, 0.1) is 15.7 Å². The molecule has 0 heterocycles. The first-order valence-corrected chi connectivity index (χ1v) is 4.69. The van der Waals surface area contributed by atoms with Gasteiger partial charge in [-0.25, -0.2) is 0 Å². The molecular weight excluding hydrogens is 227 g/mol. The van der Waals surface area contributed by atoms with Crippen LogP contribution in [0.5, 0.6) is 0 Å². The van der Waals surface area contributed by atoms with Crippen molar-refractivity contribution < 1.29 is 0 Å². The van der Waals surface area contributed by atoms with Crippen LogP contribution in [0.4, 0.5) is 5.69 Å². The first-order valence-electron chi connectivity index (χ1n) is 3.53. The molecule has 1 rings (SSSR count). The molecule has 3 N–H and O–H groups in total. The number of hydrogen-bond donors (Lipinski definition) is 2. The molecule has 0 aliphatic heterocycles. The van der Waals surface area contributed by atoms with E-state index < -0.39 is 0 Å². The van der Waals surface area contributed by atoms with Gasteiger partial charge in [0.25, 0.3) is 0 Å². The fourth-order valence-corrected chi connectivity index (χ4v) is 1.74. The zero-order valence-electron chi connectivity index (χ0n) is 6.90. The van der Waals surface area contributed by atoms with Gasteiger partial charge in [-0.2, -0.15) is 0 Å². The zero-order chi connectivity index (χ0) is 10.0. The van der Waals surface area contributed by atoms with E-state index >= 15 is 0 Å². The highest BCUT2D eigenvalue weighted by molar-refractivity contribution is 7.80. The average Bonchev–Trinajstić information content (AvgIpc) is 1.96. The van der Waals surface area contributed by atoms with E-state index in [1.54, 1.807) is 12.1 Å². The van der Waals surface area contributed by atoms with Gasteiger partial charge >= 0.3 is 0 Å². The molecule has 70 valence electrons. The summed E-state index contributed by atoms with van der Waals surface area (Å²) in [5.74, 6) is 0. The molecule has 0 radical (unpaired) electrons. The maximum atomic E-state index is 5.92. The second-order valence-electron chi connectivity index (χ2n) is 2.59. The molecule has 0 atom stereocenters. The minimum absolute atomic E-state index is 0.146. The van der Waals surface area contributed by atoms with Gasteiger partial charge in [0.2, 0.25) is 0 Å². The maximum Gasteiger partial charge on any atom is 0.168 e. The molecule has 5 heteroatoms. The van der Waals surface area contributed by atoms with Crippen LogP contribution in [-0.2, 0) is 0 Å². The molecule has 0 fully saturated rings. The Bertz CT molecular complexity index is 329. The van der Waals surface area contributed by atoms with Crippen LogP contribution in [0.3, 0.4) is 0 Å². The van der Waals surface area contributed by atoms with E-state index in [4.69, 9.17) is 28.9 Å². The van der Waals surface area contributed by atoms with Gasteiger partial charge in [-0.15, -0.1) is 0 Å². The molecule has 2 nitrogen and oxygen atoms in total. The molecule has 0 saturated heterocycles. The highest BCUT2D eigenvalue weighted by Gasteiger charge is 2.06. The predicted octanol–water partition coefficient (Wildman–Crippen LogP) is 2.96. The van der Waals surface area contributed by atoms with E-state index in [1.165, 1.54) is 0 Å². The number of nitrogens with two attached hydrogens (primary N) is 1. The Morgan fingerprint density at radius 1 is 1.38 bits per heavy atom. The van der Waals surface area contributed by atoms with Crippen molar-refractivity contribution in [3.05, 3.63) is 27.7 Å². The summed E-state index contributed by atoms with van der Waals surface area (Å²) in [6.45, 7) is 1.91. The number of anilines is 1. The Kier molecular flexibility index (Phi) is 3.36. The Balaban J connectivity index is 3.13. The summed E-state index contributed by atoms with van der Waals surface area (Å²) < 4.78 is 0. The number of hydrogen-bond acceptors (Lipinski definition) is 1. The molecule has 0 aromatic heterocycles. The summed E-state index contributed by atoms with van der Waals surface area (Å²) >= 11 is 16.5. The van der Waals surface area contributed by atoms with Crippen molar-refractivity contribution in [3.63, 3.8) is 0 Å². The monoisotopic (exact) mass is 234 g/mol. The van der Waals surface area contributed by atoms with Crippen LogP contribution in [-0.4, -0.2) is 5.11 Å². The highest BCUT2D eigenvalue weighted by atomic mass is 35.5. The number of benzene rings is 1. The third-order valence-electron chi connectivity index (χ3n) is 1.43. The van der Waals surface area contributed by atoms with Gasteiger partial charge in [-0.05, 0) is 36.8 Å². The second-order valence-corrected chi connectivity index (χ2v) is 3.85. The SMILES string of the molecule is Cc1cc(Cl)c(NC(N)=S)c(Cl)c1. The Labute approximate surface area is 92.0 Å². The maximum absolute atomic E-state index is 5.92. The predicted molar refractivity (Wildman–Crippen MR) is 61.6 cm³/mol. The quantitative estimate of drug-likeness (QED) is 0.735. The van der Waals surface area contributed by atoms with Crippen molar-refractivity contribution in [3.8, 4) is 0 Å². The fourth-order valence-electron chi connectivity index (χ4n) is 0.942. The molecule has 13 heavy (non-hydrogen) atoms. The smallest absolute Gasteiger partial charge is 0.168 e. The van der Waals surface area contributed by atoms with Crippen LogP contribution in [0.15, 0.2) is 12.1 Å². The third-order valence-corrected chi connectivity index (χ3v) is 2.13. The fraction of sp³-hybridized carbons (Fsp3) is 0.125. The van der Waals surface area contributed by atoms with Crippen molar-refractivity contribution >= 4 is 46.2 Å². The van der Waals surface area contributed by atoms with Crippen LogP contribution in [0, 0.1) is 6.92 Å². The minimum Gasteiger partial charge on any atom is -0.376 e. The summed E-state index contributed by atoms with van der Waals surface area (Å²) in [4.78, 5) is 0. The number of aryl methyl sites for hydroxylation is 1. The van der Waals surface area contributed by atoms with Crippen LogP contribution >= 0.6 is 35.4 Å². The molecule has 0 aliphatic carbocycles. The van der Waals surface area contributed by atoms with Crippen molar-refractivity contribution in [2.24, 2.45) is 5.73 Å². The van der Waals surface area contributed by atoms with Gasteiger partial charge in [0.1, 0.15) is 0 Å². The van der Waals surface area contributed by atoms with E-state index in [-0.39, 0.29) is 5.11 Å². The first kappa shape index (κ1) is 10.6. The highest BCUT2D eigenvalue weighted by Crippen LogP contribution is 2.31. The average molecular weight is 235 g/mol. The van der Waals surface area contributed by atoms with E-state index in [0.717, 1.165) is 5.56 Å². The summed E-state index contributed by atoms with van der Waals surface area (Å²) in [6, 6.07) is 3.57. The van der Waals surface area contributed by atoms with Crippen LogP contribution in [0.1, 0.15) is 5.56 Å². The normalized spacial score (nSPS) is 9.77. The Morgan fingerprint density at radius 3 is 2.23 bits per heavy atom. The van der Waals surface area contributed by atoms with Crippen LogP contribution in [0.2, 0.25) is 10.0 Å². The van der Waals surface area contributed by atoms with Gasteiger partial charge in [0.15, 0.2) is 5.11 Å². The van der Waals surface area contributed by atoms with Crippen molar-refractivity contribution in [2.75, 3.05) is 5.32 Å². The van der Waals surface area contributed by atoms with Gasteiger partial charge in [-0.1, -0.05) is 23.2 Å². The van der Waals surface area contributed by atoms with Gasteiger partial charge in [0, 0.05) is 0 Å². The van der Waals surface area contributed by atoms with E-state index in [9.17, 15) is 0 Å². The number of rotatable bonds is 1. The van der Waals surface area contributed by atoms with Crippen LogP contribution < -0.4 is 11.1 Å². The van der Waals surface area contributed by atoms with Gasteiger partial charge < -0.3 is 11.1 Å². The second kappa shape index (κ2) is 4.13. The molecule has 0 aliphatic rings. The summed E-state index contributed by atoms with van der Waals surface area (Å²) in [7, 11) is 0. The summed E-state index contributed by atoms with van der Waals surface area (Å²) in [5, 5.41) is 3.88. The standard InChI is InChI=1S/C8H8Cl2N2S/c1-4-2-5(9)7(6(10)3-4)12-8(11)13/h2-3H,1H3,(H3,11,12,13). The lowest BCUT2D eigenvalue weighted by molar-refractivity contribution is 1.46. The Hall–Kier alpha value is -0.510. The van der Waals surface area contributed by atoms with E-state index in [2.05, 4.69) is 17.5 Å². The van der Waals surface area contributed by atoms with E-state index in [1.807, 2.05) is 6.92 Å². The van der Waals surface area contributed by atoms with Crippen molar-refractivity contribution in [1.29, 1.82) is 0 Å². The summed E-state index contributed by atoms with van der Waals surface area (Å²) in [5.41, 5.74) is 6.85.